The molecule has 7 heteroatoms. The molecule has 0 aliphatic heterocycles. The first kappa shape index (κ1) is 22.2. The summed E-state index contributed by atoms with van der Waals surface area (Å²) in [7, 11) is 0. The number of aryl methyl sites for hydroxylation is 2. The van der Waals surface area contributed by atoms with Crippen molar-refractivity contribution in [2.75, 3.05) is 32.8 Å². The van der Waals surface area contributed by atoms with Crippen LogP contribution in [0.25, 0.3) is 0 Å². The number of nitrogens with one attached hydrogen (secondary N) is 2. The fraction of sp³-hybridized carbons (Fsp3) is 0.778. The maximum Gasteiger partial charge on any atom is 0.191 e. The Morgan fingerprint density at radius 2 is 2.16 bits per heavy atom. The van der Waals surface area contributed by atoms with Gasteiger partial charge in [0.1, 0.15) is 5.82 Å². The number of guanidine groups is 1. The molecule has 2 N–H and O–H groups in total. The van der Waals surface area contributed by atoms with E-state index in [4.69, 9.17) is 4.74 Å². The highest BCUT2D eigenvalue weighted by Crippen LogP contribution is 2.28. The zero-order chi connectivity index (χ0) is 17.0. The molecule has 1 aromatic rings. The van der Waals surface area contributed by atoms with Crippen LogP contribution in [0.4, 0.5) is 0 Å². The van der Waals surface area contributed by atoms with Crippen molar-refractivity contribution < 1.29 is 4.74 Å². The molecule has 0 aromatic carbocycles. The van der Waals surface area contributed by atoms with Gasteiger partial charge in [-0.2, -0.15) is 0 Å². The topological polar surface area (TPSA) is 63.5 Å². The first-order valence-electron chi connectivity index (χ1n) is 9.37. The van der Waals surface area contributed by atoms with Crippen molar-refractivity contribution in [2.45, 2.75) is 52.5 Å². The van der Waals surface area contributed by atoms with Gasteiger partial charge in [-0.15, -0.1) is 24.0 Å². The molecular formula is C18H34IN5O. The minimum Gasteiger partial charge on any atom is -0.381 e. The smallest absolute Gasteiger partial charge is 0.191 e. The van der Waals surface area contributed by atoms with Crippen molar-refractivity contribution in [3.8, 4) is 0 Å². The molecule has 1 fully saturated rings. The van der Waals surface area contributed by atoms with Gasteiger partial charge in [0, 0.05) is 51.8 Å². The van der Waals surface area contributed by atoms with Gasteiger partial charge in [-0.3, -0.25) is 4.99 Å². The molecule has 1 aromatic heterocycles. The summed E-state index contributed by atoms with van der Waals surface area (Å²) >= 11 is 0. The zero-order valence-electron chi connectivity index (χ0n) is 15.7. The Bertz CT molecular complexity index is 488. The fourth-order valence-electron chi connectivity index (χ4n) is 2.49. The van der Waals surface area contributed by atoms with Crippen LogP contribution in [-0.4, -0.2) is 48.4 Å². The van der Waals surface area contributed by atoms with Gasteiger partial charge in [-0.05, 0) is 51.9 Å². The SMILES string of the molecule is CCNC(=NCCCOCC1CC1)NCCCCn1ccnc1C.I. The molecule has 1 saturated carbocycles. The van der Waals surface area contributed by atoms with E-state index in [1.807, 2.05) is 19.3 Å². The van der Waals surface area contributed by atoms with E-state index in [1.165, 1.54) is 12.8 Å². The van der Waals surface area contributed by atoms with Gasteiger partial charge < -0.3 is 19.9 Å². The quantitative estimate of drug-likeness (QED) is 0.217. The summed E-state index contributed by atoms with van der Waals surface area (Å²) < 4.78 is 7.84. The van der Waals surface area contributed by atoms with E-state index in [0.717, 1.165) is 76.4 Å². The first-order chi connectivity index (χ1) is 11.8. The number of halogens is 1. The number of aliphatic imine (C=N–C) groups is 1. The first-order valence-corrected chi connectivity index (χ1v) is 9.37. The number of imidazole rings is 1. The number of nitrogens with zero attached hydrogens (tertiary/aromatic N) is 3. The van der Waals surface area contributed by atoms with Crippen molar-refractivity contribution in [3.63, 3.8) is 0 Å². The number of unbranched alkanes of at least 4 members (excludes halogenated alkanes) is 1. The van der Waals surface area contributed by atoms with Crippen LogP contribution < -0.4 is 10.6 Å². The lowest BCUT2D eigenvalue weighted by Gasteiger charge is -2.11. The molecule has 0 unspecified atom stereocenters. The maximum absolute atomic E-state index is 5.64. The molecule has 0 amide bonds. The van der Waals surface area contributed by atoms with E-state index < -0.39 is 0 Å². The number of ether oxygens (including phenoxy) is 1. The predicted molar refractivity (Wildman–Crippen MR) is 114 cm³/mol. The molecule has 1 heterocycles. The van der Waals surface area contributed by atoms with Crippen molar-refractivity contribution >= 4 is 29.9 Å². The Morgan fingerprint density at radius 3 is 2.84 bits per heavy atom. The minimum absolute atomic E-state index is 0. The van der Waals surface area contributed by atoms with Crippen molar-refractivity contribution in [3.05, 3.63) is 18.2 Å². The van der Waals surface area contributed by atoms with Crippen LogP contribution in [0.15, 0.2) is 17.4 Å². The van der Waals surface area contributed by atoms with Gasteiger partial charge in [-0.1, -0.05) is 0 Å². The van der Waals surface area contributed by atoms with E-state index >= 15 is 0 Å². The lowest BCUT2D eigenvalue weighted by atomic mass is 10.3. The Labute approximate surface area is 169 Å². The third-order valence-corrected chi connectivity index (χ3v) is 4.15. The molecule has 6 nitrogen and oxygen atoms in total. The van der Waals surface area contributed by atoms with E-state index in [-0.39, 0.29) is 24.0 Å². The maximum atomic E-state index is 5.64. The molecule has 1 aliphatic rings. The van der Waals surface area contributed by atoms with Gasteiger partial charge in [-0.25, -0.2) is 4.98 Å². The summed E-state index contributed by atoms with van der Waals surface area (Å²) in [4.78, 5) is 8.85. The van der Waals surface area contributed by atoms with Gasteiger partial charge in [0.25, 0.3) is 0 Å². The third-order valence-electron chi connectivity index (χ3n) is 4.15. The normalized spacial score (nSPS) is 14.2. The van der Waals surface area contributed by atoms with Crippen LogP contribution >= 0.6 is 24.0 Å². The summed E-state index contributed by atoms with van der Waals surface area (Å²) in [6.45, 7) is 9.58. The lowest BCUT2D eigenvalue weighted by Crippen LogP contribution is -2.38. The van der Waals surface area contributed by atoms with Crippen LogP contribution in [0, 0.1) is 12.8 Å². The number of hydrogen-bond acceptors (Lipinski definition) is 3. The summed E-state index contributed by atoms with van der Waals surface area (Å²) in [5.74, 6) is 2.85. The lowest BCUT2D eigenvalue weighted by molar-refractivity contribution is 0.123. The number of hydrogen-bond donors (Lipinski definition) is 2. The Morgan fingerprint density at radius 1 is 1.32 bits per heavy atom. The molecule has 0 radical (unpaired) electrons. The number of rotatable bonds is 12. The van der Waals surface area contributed by atoms with E-state index in [1.54, 1.807) is 0 Å². The largest absolute Gasteiger partial charge is 0.381 e. The second kappa shape index (κ2) is 13.4. The minimum atomic E-state index is 0. The van der Waals surface area contributed by atoms with Crippen LogP contribution in [0.1, 0.15) is 44.9 Å². The average molecular weight is 463 g/mol. The summed E-state index contributed by atoms with van der Waals surface area (Å²) in [5.41, 5.74) is 0. The predicted octanol–water partition coefficient (Wildman–Crippen LogP) is 2.96. The molecule has 0 saturated heterocycles. The third kappa shape index (κ3) is 10.0. The van der Waals surface area contributed by atoms with Crippen molar-refractivity contribution in [1.29, 1.82) is 0 Å². The van der Waals surface area contributed by atoms with Gasteiger partial charge in [0.2, 0.25) is 0 Å². The van der Waals surface area contributed by atoms with Crippen LogP contribution in [0.2, 0.25) is 0 Å². The van der Waals surface area contributed by atoms with Gasteiger partial charge in [0.05, 0.1) is 0 Å². The van der Waals surface area contributed by atoms with Crippen LogP contribution in [-0.2, 0) is 11.3 Å². The molecule has 2 rings (SSSR count). The Kier molecular flexibility index (Phi) is 11.9. The second-order valence-electron chi connectivity index (χ2n) is 6.43. The fourth-order valence-corrected chi connectivity index (χ4v) is 2.49. The molecule has 25 heavy (non-hydrogen) atoms. The van der Waals surface area contributed by atoms with Crippen LogP contribution in [0.3, 0.4) is 0 Å². The van der Waals surface area contributed by atoms with Crippen molar-refractivity contribution in [1.82, 2.24) is 20.2 Å². The molecule has 144 valence electrons. The van der Waals surface area contributed by atoms with Crippen molar-refractivity contribution in [2.24, 2.45) is 10.9 Å². The monoisotopic (exact) mass is 463 g/mol. The summed E-state index contributed by atoms with van der Waals surface area (Å²) in [6, 6.07) is 0. The average Bonchev–Trinajstić information content (AvgIpc) is 3.31. The molecule has 0 atom stereocenters. The standard InChI is InChI=1S/C18H33N5O.HI/c1-3-19-18(22-10-6-14-24-15-17-7-8-17)21-9-4-5-12-23-13-11-20-16(23)2;/h11,13,17H,3-10,12,14-15H2,1-2H3,(H2,19,21,22);1H. The molecule has 1 aliphatic carbocycles. The molecular weight excluding hydrogens is 429 g/mol. The van der Waals surface area contributed by atoms with Crippen LogP contribution in [0.5, 0.6) is 0 Å². The highest BCUT2D eigenvalue weighted by Gasteiger charge is 2.20. The highest BCUT2D eigenvalue weighted by atomic mass is 127. The molecule has 0 spiro atoms. The van der Waals surface area contributed by atoms with Gasteiger partial charge in [0.15, 0.2) is 5.96 Å². The summed E-state index contributed by atoms with van der Waals surface area (Å²) in [5, 5.41) is 6.71. The summed E-state index contributed by atoms with van der Waals surface area (Å²) in [6.07, 6.45) is 9.85. The highest BCUT2D eigenvalue weighted by molar-refractivity contribution is 14.0. The Balaban J connectivity index is 0.00000312. The van der Waals surface area contributed by atoms with E-state index in [0.29, 0.717) is 0 Å². The van der Waals surface area contributed by atoms with E-state index in [2.05, 4.69) is 32.1 Å². The van der Waals surface area contributed by atoms with E-state index in [9.17, 15) is 0 Å². The second-order valence-corrected chi connectivity index (χ2v) is 6.43. The number of aromatic nitrogens is 2. The molecule has 0 bridgehead atoms. The van der Waals surface area contributed by atoms with Gasteiger partial charge >= 0.3 is 0 Å². The zero-order valence-corrected chi connectivity index (χ0v) is 18.0. The Hall–Kier alpha value is -0.830.